The number of alkyl halides is 3. The van der Waals surface area contributed by atoms with Crippen LogP contribution in [0.25, 0.3) is 0 Å². The van der Waals surface area contributed by atoms with Crippen molar-refractivity contribution >= 4 is 27.6 Å². The lowest BCUT2D eigenvalue weighted by molar-refractivity contribution is -0.145. The van der Waals surface area contributed by atoms with E-state index in [1.807, 2.05) is 0 Å². The molecule has 0 aliphatic carbocycles. The largest absolute Gasteiger partial charge is 0.464 e. The minimum atomic E-state index is -4.47. The molecule has 1 aliphatic heterocycles. The second kappa shape index (κ2) is 6.25. The zero-order valence-electron chi connectivity index (χ0n) is 11.4. The van der Waals surface area contributed by atoms with Crippen molar-refractivity contribution in [3.05, 3.63) is 28.2 Å². The van der Waals surface area contributed by atoms with Crippen molar-refractivity contribution in [1.29, 1.82) is 0 Å². The summed E-state index contributed by atoms with van der Waals surface area (Å²) in [5.74, 6) is -0.467. The molecule has 3 nitrogen and oxygen atoms in total. The van der Waals surface area contributed by atoms with Gasteiger partial charge in [0.1, 0.15) is 6.04 Å². The molecule has 7 heteroatoms. The summed E-state index contributed by atoms with van der Waals surface area (Å²) >= 11 is 3.06. The van der Waals surface area contributed by atoms with E-state index in [1.165, 1.54) is 11.0 Å². The minimum absolute atomic E-state index is 0.0289. The molecular weight excluding hydrogens is 351 g/mol. The fourth-order valence-electron chi connectivity index (χ4n) is 2.52. The van der Waals surface area contributed by atoms with Crippen molar-refractivity contribution in [3.63, 3.8) is 0 Å². The minimum Gasteiger partial charge on any atom is -0.464 e. The summed E-state index contributed by atoms with van der Waals surface area (Å²) in [6, 6.07) is 3.33. The highest BCUT2D eigenvalue weighted by atomic mass is 79.9. The SMILES string of the molecule is CCOC(=O)C1CCCN1c1ccc(Br)cc1C(F)(F)F. The number of anilines is 1. The molecule has 1 fully saturated rings. The van der Waals surface area contributed by atoms with Crippen LogP contribution in [0.4, 0.5) is 18.9 Å². The maximum Gasteiger partial charge on any atom is 0.418 e. The lowest BCUT2D eigenvalue weighted by Gasteiger charge is -2.28. The highest BCUT2D eigenvalue weighted by Gasteiger charge is 2.39. The van der Waals surface area contributed by atoms with Gasteiger partial charge in [0.25, 0.3) is 0 Å². The zero-order chi connectivity index (χ0) is 15.6. The molecule has 0 amide bonds. The van der Waals surface area contributed by atoms with E-state index in [2.05, 4.69) is 15.9 Å². The number of rotatable bonds is 3. The zero-order valence-corrected chi connectivity index (χ0v) is 13.0. The van der Waals surface area contributed by atoms with Crippen LogP contribution in [0.5, 0.6) is 0 Å². The normalized spacial score (nSPS) is 18.9. The summed E-state index contributed by atoms with van der Waals surface area (Å²) in [7, 11) is 0. The quantitative estimate of drug-likeness (QED) is 0.758. The van der Waals surface area contributed by atoms with Crippen molar-refractivity contribution in [3.8, 4) is 0 Å². The number of carbonyl (C=O) groups excluding carboxylic acids is 1. The average Bonchev–Trinajstić information content (AvgIpc) is 2.87. The smallest absolute Gasteiger partial charge is 0.418 e. The van der Waals surface area contributed by atoms with E-state index in [9.17, 15) is 18.0 Å². The van der Waals surface area contributed by atoms with E-state index < -0.39 is 23.8 Å². The Morgan fingerprint density at radius 1 is 1.48 bits per heavy atom. The fourth-order valence-corrected chi connectivity index (χ4v) is 2.89. The predicted molar refractivity (Wildman–Crippen MR) is 76.1 cm³/mol. The lowest BCUT2D eigenvalue weighted by atomic mass is 10.1. The van der Waals surface area contributed by atoms with Gasteiger partial charge >= 0.3 is 12.1 Å². The molecule has 1 atom stereocenters. The maximum absolute atomic E-state index is 13.2. The molecule has 1 saturated heterocycles. The molecule has 0 radical (unpaired) electrons. The predicted octanol–water partition coefficient (Wildman–Crippen LogP) is 4.00. The molecule has 0 aromatic heterocycles. The van der Waals surface area contributed by atoms with Gasteiger partial charge in [0.05, 0.1) is 12.2 Å². The van der Waals surface area contributed by atoms with E-state index in [0.717, 1.165) is 6.07 Å². The van der Waals surface area contributed by atoms with Crippen molar-refractivity contribution in [2.24, 2.45) is 0 Å². The summed E-state index contributed by atoms with van der Waals surface area (Å²) in [5, 5.41) is 0. The van der Waals surface area contributed by atoms with Crippen LogP contribution >= 0.6 is 15.9 Å². The molecule has 1 unspecified atom stereocenters. The number of esters is 1. The van der Waals surface area contributed by atoms with Gasteiger partial charge in [-0.3, -0.25) is 0 Å². The Morgan fingerprint density at radius 2 is 2.19 bits per heavy atom. The van der Waals surface area contributed by atoms with E-state index >= 15 is 0 Å². The van der Waals surface area contributed by atoms with E-state index in [0.29, 0.717) is 23.9 Å². The second-order valence-electron chi connectivity index (χ2n) is 4.76. The number of hydrogen-bond acceptors (Lipinski definition) is 3. The number of ether oxygens (including phenoxy) is 1. The van der Waals surface area contributed by atoms with E-state index in [-0.39, 0.29) is 12.3 Å². The lowest BCUT2D eigenvalue weighted by Crippen LogP contribution is -2.38. The van der Waals surface area contributed by atoms with Crippen LogP contribution < -0.4 is 4.90 Å². The Morgan fingerprint density at radius 3 is 2.81 bits per heavy atom. The van der Waals surface area contributed by atoms with Crippen LogP contribution in [0, 0.1) is 0 Å². The number of carbonyl (C=O) groups is 1. The first kappa shape index (κ1) is 16.1. The van der Waals surface area contributed by atoms with E-state index in [4.69, 9.17) is 4.74 Å². The first-order chi connectivity index (χ1) is 9.84. The number of halogens is 4. The molecule has 2 rings (SSSR count). The molecule has 0 spiro atoms. The third-order valence-corrected chi connectivity index (χ3v) is 3.88. The van der Waals surface area contributed by atoms with Crippen LogP contribution in [-0.4, -0.2) is 25.2 Å². The van der Waals surface area contributed by atoms with Crippen molar-refractivity contribution in [2.75, 3.05) is 18.1 Å². The van der Waals surface area contributed by atoms with Crippen LogP contribution in [0.1, 0.15) is 25.3 Å². The Labute approximate surface area is 129 Å². The molecule has 1 heterocycles. The molecule has 0 saturated carbocycles. The monoisotopic (exact) mass is 365 g/mol. The number of hydrogen-bond donors (Lipinski definition) is 0. The van der Waals surface area contributed by atoms with Gasteiger partial charge in [-0.2, -0.15) is 13.2 Å². The summed E-state index contributed by atoms with van der Waals surface area (Å²) in [4.78, 5) is 13.4. The highest BCUT2D eigenvalue weighted by Crippen LogP contribution is 2.40. The van der Waals surface area contributed by atoms with Gasteiger partial charge in [0.2, 0.25) is 0 Å². The first-order valence-electron chi connectivity index (χ1n) is 6.64. The molecule has 1 aliphatic rings. The third-order valence-electron chi connectivity index (χ3n) is 3.38. The summed E-state index contributed by atoms with van der Waals surface area (Å²) < 4.78 is 44.9. The van der Waals surface area contributed by atoms with Gasteiger partial charge < -0.3 is 9.64 Å². The molecule has 21 heavy (non-hydrogen) atoms. The van der Waals surface area contributed by atoms with E-state index in [1.54, 1.807) is 13.0 Å². The molecule has 1 aromatic rings. The molecular formula is C14H15BrF3NO2. The van der Waals surface area contributed by atoms with Crippen LogP contribution in [0.15, 0.2) is 22.7 Å². The standard InChI is InChI=1S/C14H15BrF3NO2/c1-2-21-13(20)12-4-3-7-19(12)11-6-5-9(15)8-10(11)14(16,17)18/h5-6,8,12H,2-4,7H2,1H3. The van der Waals surface area contributed by atoms with Gasteiger partial charge in [0, 0.05) is 16.7 Å². The van der Waals surface area contributed by atoms with Crippen LogP contribution in [0.2, 0.25) is 0 Å². The van der Waals surface area contributed by atoms with Crippen molar-refractivity contribution in [1.82, 2.24) is 0 Å². The number of nitrogens with zero attached hydrogens (tertiary/aromatic N) is 1. The van der Waals surface area contributed by atoms with Crippen molar-refractivity contribution in [2.45, 2.75) is 32.0 Å². The average molecular weight is 366 g/mol. The van der Waals surface area contributed by atoms with Crippen LogP contribution in [0.3, 0.4) is 0 Å². The van der Waals surface area contributed by atoms with Gasteiger partial charge in [-0.15, -0.1) is 0 Å². The number of benzene rings is 1. The first-order valence-corrected chi connectivity index (χ1v) is 7.44. The molecule has 0 N–H and O–H groups in total. The fraction of sp³-hybridized carbons (Fsp3) is 0.500. The van der Waals surface area contributed by atoms with Crippen LogP contribution in [-0.2, 0) is 15.7 Å². The molecule has 0 bridgehead atoms. The van der Waals surface area contributed by atoms with Gasteiger partial charge in [-0.1, -0.05) is 15.9 Å². The molecule has 116 valence electrons. The van der Waals surface area contributed by atoms with Crippen molar-refractivity contribution < 1.29 is 22.7 Å². The molecule has 1 aromatic carbocycles. The third kappa shape index (κ3) is 3.51. The highest BCUT2D eigenvalue weighted by molar-refractivity contribution is 9.10. The Hall–Kier alpha value is -1.24. The van der Waals surface area contributed by atoms with Gasteiger partial charge in [0.15, 0.2) is 0 Å². The summed E-state index contributed by atoms with van der Waals surface area (Å²) in [6.45, 7) is 2.31. The Kier molecular flexibility index (Phi) is 4.81. The summed E-state index contributed by atoms with van der Waals surface area (Å²) in [6.07, 6.45) is -3.30. The topological polar surface area (TPSA) is 29.5 Å². The van der Waals surface area contributed by atoms with Gasteiger partial charge in [-0.05, 0) is 38.0 Å². The maximum atomic E-state index is 13.2. The Bertz CT molecular complexity index is 533. The summed E-state index contributed by atoms with van der Waals surface area (Å²) in [5.41, 5.74) is -0.714. The second-order valence-corrected chi connectivity index (χ2v) is 5.68. The Balaban J connectivity index is 2.39. The van der Waals surface area contributed by atoms with Gasteiger partial charge in [-0.25, -0.2) is 4.79 Å².